The van der Waals surface area contributed by atoms with Crippen LogP contribution in [0, 0.1) is 0 Å². The molecule has 1 fully saturated rings. The Morgan fingerprint density at radius 2 is 2.00 bits per heavy atom. The molecule has 0 unspecified atom stereocenters. The van der Waals surface area contributed by atoms with E-state index >= 15 is 0 Å². The van der Waals surface area contributed by atoms with Crippen molar-refractivity contribution in [1.82, 2.24) is 30.2 Å². The first-order chi connectivity index (χ1) is 14.9. The third-order valence-corrected chi connectivity index (χ3v) is 5.81. The van der Waals surface area contributed by atoms with Crippen molar-refractivity contribution in [1.29, 1.82) is 0 Å². The van der Waals surface area contributed by atoms with Crippen molar-refractivity contribution in [2.24, 2.45) is 0 Å². The van der Waals surface area contributed by atoms with Crippen molar-refractivity contribution in [3.8, 4) is 0 Å². The highest BCUT2D eigenvalue weighted by atomic mass is 16.2. The number of hydrogen-bond donors (Lipinski definition) is 1. The van der Waals surface area contributed by atoms with Gasteiger partial charge in [-0.05, 0) is 51.3 Å². The molecule has 2 heterocycles. The van der Waals surface area contributed by atoms with Crippen LogP contribution in [0.2, 0.25) is 0 Å². The minimum atomic E-state index is -0.741. The van der Waals surface area contributed by atoms with Gasteiger partial charge in [0.2, 0.25) is 11.8 Å². The summed E-state index contributed by atoms with van der Waals surface area (Å²) < 4.78 is 1.60. The van der Waals surface area contributed by atoms with Crippen LogP contribution < -0.4 is 5.32 Å². The average Bonchev–Trinajstić information content (AvgIpc) is 3.52. The van der Waals surface area contributed by atoms with Gasteiger partial charge in [-0.1, -0.05) is 30.3 Å². The first-order valence-electron chi connectivity index (χ1n) is 10.7. The number of carbonyl (C=O) groups is 2. The minimum Gasteiger partial charge on any atom is -0.349 e. The maximum absolute atomic E-state index is 13.5. The van der Waals surface area contributed by atoms with Gasteiger partial charge in [0.15, 0.2) is 0 Å². The van der Waals surface area contributed by atoms with Gasteiger partial charge in [0, 0.05) is 29.5 Å². The van der Waals surface area contributed by atoms with Crippen LogP contribution in [0.1, 0.15) is 51.6 Å². The molecule has 1 aromatic carbocycles. The van der Waals surface area contributed by atoms with E-state index in [0.717, 1.165) is 30.3 Å². The summed E-state index contributed by atoms with van der Waals surface area (Å²) in [6.07, 6.45) is 5.87. The first kappa shape index (κ1) is 21.0. The highest BCUT2D eigenvalue weighted by molar-refractivity contribution is 5.90. The smallest absolute Gasteiger partial charge is 0.247 e. The topological polar surface area (TPSA) is 93.0 Å². The first-order valence-corrected chi connectivity index (χ1v) is 10.7. The quantitative estimate of drug-likeness (QED) is 0.605. The maximum Gasteiger partial charge on any atom is 0.247 e. The van der Waals surface area contributed by atoms with Gasteiger partial charge >= 0.3 is 0 Å². The molecule has 1 N–H and O–H groups in total. The van der Waals surface area contributed by atoms with Crippen LogP contribution in [0.3, 0.4) is 0 Å². The Morgan fingerprint density at radius 3 is 2.68 bits per heavy atom. The van der Waals surface area contributed by atoms with Gasteiger partial charge in [0.1, 0.15) is 18.1 Å². The highest BCUT2D eigenvalue weighted by Crippen LogP contribution is 2.35. The van der Waals surface area contributed by atoms with E-state index in [1.54, 1.807) is 28.0 Å². The largest absolute Gasteiger partial charge is 0.349 e. The van der Waals surface area contributed by atoms with Crippen molar-refractivity contribution in [3.63, 3.8) is 0 Å². The summed E-state index contributed by atoms with van der Waals surface area (Å²) in [5, 5.41) is 11.4. The molecular formula is C23H28N6O2. The van der Waals surface area contributed by atoms with E-state index in [2.05, 4.69) is 20.6 Å². The number of nitrogens with one attached hydrogen (secondary N) is 1. The van der Waals surface area contributed by atoms with E-state index in [1.165, 1.54) is 0 Å². The third kappa shape index (κ3) is 4.57. The Bertz CT molecular complexity index is 1070. The summed E-state index contributed by atoms with van der Waals surface area (Å²) in [6, 6.07) is 10.5. The van der Waals surface area contributed by atoms with Gasteiger partial charge in [-0.15, -0.1) is 5.10 Å². The van der Waals surface area contributed by atoms with E-state index < -0.39 is 6.04 Å². The number of para-hydroxylation sites is 1. The number of fused-ring (bicyclic) bond motifs is 1. The number of pyridine rings is 1. The highest BCUT2D eigenvalue weighted by Gasteiger charge is 2.42. The number of nitrogens with zero attached hydrogens (tertiary/aromatic N) is 5. The van der Waals surface area contributed by atoms with Crippen molar-refractivity contribution >= 4 is 22.8 Å². The molecule has 4 rings (SSSR count). The van der Waals surface area contributed by atoms with Gasteiger partial charge in [-0.25, -0.2) is 4.68 Å². The number of carbonyl (C=O) groups excluding carboxylic acids is 2. The average molecular weight is 421 g/mol. The number of benzene rings is 1. The predicted molar refractivity (Wildman–Crippen MR) is 117 cm³/mol. The lowest BCUT2D eigenvalue weighted by Gasteiger charge is -2.34. The van der Waals surface area contributed by atoms with Crippen LogP contribution in [-0.2, 0) is 16.1 Å². The fourth-order valence-corrected chi connectivity index (χ4v) is 3.62. The van der Waals surface area contributed by atoms with Crippen LogP contribution in [-0.4, -0.2) is 48.3 Å². The monoisotopic (exact) mass is 420 g/mol. The molecule has 31 heavy (non-hydrogen) atoms. The second kappa shape index (κ2) is 8.45. The van der Waals surface area contributed by atoms with E-state index in [0.29, 0.717) is 5.56 Å². The number of amides is 2. The van der Waals surface area contributed by atoms with Gasteiger partial charge in [-0.2, -0.15) is 0 Å². The Hall–Kier alpha value is -3.29. The molecule has 2 aromatic heterocycles. The maximum atomic E-state index is 13.5. The lowest BCUT2D eigenvalue weighted by Crippen LogP contribution is -2.51. The molecule has 0 saturated heterocycles. The van der Waals surface area contributed by atoms with Gasteiger partial charge in [-0.3, -0.25) is 14.6 Å². The third-order valence-electron chi connectivity index (χ3n) is 5.81. The molecule has 0 bridgehead atoms. The molecule has 162 valence electrons. The molecule has 0 aliphatic heterocycles. The predicted octanol–water partition coefficient (Wildman–Crippen LogP) is 2.86. The summed E-state index contributed by atoms with van der Waals surface area (Å²) in [6.45, 7) is 6.02. The summed E-state index contributed by atoms with van der Waals surface area (Å²) in [4.78, 5) is 32.9. The Morgan fingerprint density at radius 1 is 1.23 bits per heavy atom. The molecule has 1 saturated carbocycles. The van der Waals surface area contributed by atoms with Crippen LogP contribution in [0.25, 0.3) is 11.0 Å². The molecule has 8 nitrogen and oxygen atoms in total. The SMILES string of the molecule is CCC(C)(C)NC(=O)[C@H](c1cccnc1)N(C(=O)Cn1nnc2ccccc21)C1CC1. The molecule has 2 amide bonds. The zero-order valence-corrected chi connectivity index (χ0v) is 18.2. The fourth-order valence-electron chi connectivity index (χ4n) is 3.62. The van der Waals surface area contributed by atoms with E-state index in [9.17, 15) is 9.59 Å². The van der Waals surface area contributed by atoms with Crippen molar-refractivity contribution in [2.45, 2.75) is 64.2 Å². The summed E-state index contributed by atoms with van der Waals surface area (Å²) in [7, 11) is 0. The molecule has 1 atom stereocenters. The summed E-state index contributed by atoms with van der Waals surface area (Å²) in [5.74, 6) is -0.347. The van der Waals surface area contributed by atoms with Crippen molar-refractivity contribution < 1.29 is 9.59 Å². The molecule has 0 spiro atoms. The fraction of sp³-hybridized carbons (Fsp3) is 0.435. The lowest BCUT2D eigenvalue weighted by atomic mass is 9.99. The second-order valence-corrected chi connectivity index (χ2v) is 8.68. The number of aromatic nitrogens is 4. The standard InChI is InChI=1S/C23H28N6O2/c1-4-23(2,3)25-22(31)21(16-8-7-13-24-14-16)29(17-11-12-17)20(30)15-28-19-10-6-5-9-18(19)26-27-28/h5-10,13-14,17,21H,4,11-12,15H2,1-3H3,(H,25,31)/t21-/m0/s1. The van der Waals surface area contributed by atoms with Crippen LogP contribution in [0.15, 0.2) is 48.8 Å². The lowest BCUT2D eigenvalue weighted by molar-refractivity contribution is -0.143. The second-order valence-electron chi connectivity index (χ2n) is 8.68. The molecule has 1 aliphatic carbocycles. The van der Waals surface area contributed by atoms with Crippen molar-refractivity contribution in [2.75, 3.05) is 0 Å². The Kier molecular flexibility index (Phi) is 5.71. The minimum absolute atomic E-state index is 0.0260. The van der Waals surface area contributed by atoms with Gasteiger partial charge in [0.05, 0.1) is 5.52 Å². The van der Waals surface area contributed by atoms with E-state index in [1.807, 2.05) is 51.1 Å². The molecule has 0 radical (unpaired) electrons. The van der Waals surface area contributed by atoms with Gasteiger partial charge < -0.3 is 10.2 Å². The van der Waals surface area contributed by atoms with Crippen molar-refractivity contribution in [3.05, 3.63) is 54.4 Å². The van der Waals surface area contributed by atoms with E-state index in [4.69, 9.17) is 0 Å². The number of rotatable bonds is 8. The zero-order chi connectivity index (χ0) is 22.0. The Labute approximate surface area is 181 Å². The van der Waals surface area contributed by atoms with E-state index in [-0.39, 0.29) is 29.9 Å². The molecular weight excluding hydrogens is 392 g/mol. The van der Waals surface area contributed by atoms with Gasteiger partial charge in [0.25, 0.3) is 0 Å². The molecule has 3 aromatic rings. The van der Waals surface area contributed by atoms with Crippen LogP contribution in [0.4, 0.5) is 0 Å². The normalized spacial score (nSPS) is 14.9. The number of hydrogen-bond acceptors (Lipinski definition) is 5. The Balaban J connectivity index is 1.66. The molecule has 1 aliphatic rings. The zero-order valence-electron chi connectivity index (χ0n) is 18.2. The van der Waals surface area contributed by atoms with Crippen LogP contribution >= 0.6 is 0 Å². The van der Waals surface area contributed by atoms with Crippen LogP contribution in [0.5, 0.6) is 0 Å². The summed E-state index contributed by atoms with van der Waals surface area (Å²) >= 11 is 0. The summed E-state index contributed by atoms with van der Waals surface area (Å²) in [5.41, 5.74) is 1.86. The molecule has 8 heteroatoms.